The fourth-order valence-corrected chi connectivity index (χ4v) is 2.42. The smallest absolute Gasteiger partial charge is 0.225 e. The molecule has 0 spiro atoms. The van der Waals surface area contributed by atoms with Gasteiger partial charge in [0, 0.05) is 19.1 Å². The summed E-state index contributed by atoms with van der Waals surface area (Å²) < 4.78 is 0. The third kappa shape index (κ3) is 2.94. The highest BCUT2D eigenvalue weighted by molar-refractivity contribution is 5.80. The maximum atomic E-state index is 11.7. The predicted octanol–water partition coefficient (Wildman–Crippen LogP) is 1.29. The molecule has 0 radical (unpaired) electrons. The highest BCUT2D eigenvalue weighted by Crippen LogP contribution is 2.22. The first-order chi connectivity index (χ1) is 7.25. The zero-order valence-corrected chi connectivity index (χ0v) is 9.59. The van der Waals surface area contributed by atoms with Gasteiger partial charge in [-0.1, -0.05) is 19.8 Å². The van der Waals surface area contributed by atoms with Gasteiger partial charge in [0.15, 0.2) is 0 Å². The normalized spacial score (nSPS) is 32.9. The molecule has 2 atom stereocenters. The fraction of sp³-hybridized carbons (Fsp3) is 0.917. The molecule has 2 rings (SSSR count). The van der Waals surface area contributed by atoms with Crippen LogP contribution in [0, 0.1) is 11.8 Å². The van der Waals surface area contributed by atoms with Crippen molar-refractivity contribution in [1.82, 2.24) is 10.6 Å². The zero-order chi connectivity index (χ0) is 10.7. The molecule has 1 amide bonds. The average molecular weight is 210 g/mol. The van der Waals surface area contributed by atoms with Crippen LogP contribution in [0.1, 0.15) is 39.0 Å². The van der Waals surface area contributed by atoms with E-state index < -0.39 is 0 Å². The van der Waals surface area contributed by atoms with Crippen molar-refractivity contribution in [3.8, 4) is 0 Å². The molecule has 0 aromatic heterocycles. The lowest BCUT2D eigenvalue weighted by atomic mass is 10.0. The molecule has 2 unspecified atom stereocenters. The van der Waals surface area contributed by atoms with Gasteiger partial charge >= 0.3 is 0 Å². The van der Waals surface area contributed by atoms with Crippen LogP contribution < -0.4 is 10.6 Å². The summed E-state index contributed by atoms with van der Waals surface area (Å²) in [5.41, 5.74) is 0. The summed E-state index contributed by atoms with van der Waals surface area (Å²) >= 11 is 0. The van der Waals surface area contributed by atoms with Crippen molar-refractivity contribution in [3.05, 3.63) is 0 Å². The number of hydrogen-bond acceptors (Lipinski definition) is 2. The molecular formula is C12H22N2O. The van der Waals surface area contributed by atoms with Crippen molar-refractivity contribution in [2.45, 2.75) is 45.1 Å². The summed E-state index contributed by atoms with van der Waals surface area (Å²) in [4.78, 5) is 11.7. The Hall–Kier alpha value is -0.570. The zero-order valence-electron chi connectivity index (χ0n) is 9.59. The Bertz CT molecular complexity index is 226. The maximum Gasteiger partial charge on any atom is 0.225 e. The highest BCUT2D eigenvalue weighted by atomic mass is 16.2. The van der Waals surface area contributed by atoms with Crippen molar-refractivity contribution in [2.75, 3.05) is 13.1 Å². The summed E-state index contributed by atoms with van der Waals surface area (Å²) in [7, 11) is 0. The van der Waals surface area contributed by atoms with Crippen molar-refractivity contribution in [1.29, 1.82) is 0 Å². The molecule has 2 N–H and O–H groups in total. The molecule has 1 heterocycles. The molecule has 1 saturated carbocycles. The van der Waals surface area contributed by atoms with Gasteiger partial charge in [-0.2, -0.15) is 0 Å². The molecule has 1 saturated heterocycles. The quantitative estimate of drug-likeness (QED) is 0.674. The van der Waals surface area contributed by atoms with Crippen LogP contribution in [0.15, 0.2) is 0 Å². The number of carbonyl (C=O) groups excluding carboxylic acids is 1. The van der Waals surface area contributed by atoms with Gasteiger partial charge < -0.3 is 10.6 Å². The molecule has 1 aliphatic heterocycles. The SMILES string of the molecule is CC1CCCC(NC(=O)C2CNC2)CC1. The molecule has 3 nitrogen and oxygen atoms in total. The van der Waals surface area contributed by atoms with Crippen LogP contribution >= 0.6 is 0 Å². The number of nitrogens with one attached hydrogen (secondary N) is 2. The van der Waals surface area contributed by atoms with E-state index in [1.165, 1.54) is 32.1 Å². The van der Waals surface area contributed by atoms with E-state index in [1.807, 2.05) is 0 Å². The van der Waals surface area contributed by atoms with Gasteiger partial charge in [-0.15, -0.1) is 0 Å². The van der Waals surface area contributed by atoms with Crippen molar-refractivity contribution < 1.29 is 4.79 Å². The molecule has 1 aliphatic carbocycles. The van der Waals surface area contributed by atoms with Gasteiger partial charge in [0.2, 0.25) is 5.91 Å². The third-order valence-electron chi connectivity index (χ3n) is 3.76. The van der Waals surface area contributed by atoms with Crippen LogP contribution in [-0.4, -0.2) is 25.0 Å². The summed E-state index contributed by atoms with van der Waals surface area (Å²) in [6, 6.07) is 0.447. The minimum atomic E-state index is 0.241. The molecule has 0 aromatic carbocycles. The summed E-state index contributed by atoms with van der Waals surface area (Å²) in [6.45, 7) is 4.06. The van der Waals surface area contributed by atoms with E-state index in [4.69, 9.17) is 0 Å². The van der Waals surface area contributed by atoms with Gasteiger partial charge in [0.05, 0.1) is 5.92 Å². The summed E-state index contributed by atoms with van der Waals surface area (Å²) in [6.07, 6.45) is 6.23. The van der Waals surface area contributed by atoms with E-state index >= 15 is 0 Å². The van der Waals surface area contributed by atoms with Crippen LogP contribution in [0.5, 0.6) is 0 Å². The van der Waals surface area contributed by atoms with E-state index in [-0.39, 0.29) is 11.8 Å². The van der Waals surface area contributed by atoms with Crippen LogP contribution in [0.4, 0.5) is 0 Å². The van der Waals surface area contributed by atoms with Crippen LogP contribution in [-0.2, 0) is 4.79 Å². The first kappa shape index (κ1) is 10.9. The lowest BCUT2D eigenvalue weighted by Gasteiger charge is -2.28. The topological polar surface area (TPSA) is 41.1 Å². The second kappa shape index (κ2) is 4.97. The minimum Gasteiger partial charge on any atom is -0.353 e. The predicted molar refractivity (Wildman–Crippen MR) is 60.5 cm³/mol. The number of rotatable bonds is 2. The Labute approximate surface area is 92.0 Å². The largest absolute Gasteiger partial charge is 0.353 e. The number of hydrogen-bond donors (Lipinski definition) is 2. The molecule has 2 aliphatic rings. The Morgan fingerprint density at radius 1 is 1.20 bits per heavy atom. The molecular weight excluding hydrogens is 188 g/mol. The van der Waals surface area contributed by atoms with Crippen molar-refractivity contribution in [2.24, 2.45) is 11.8 Å². The Balaban J connectivity index is 1.75. The Kier molecular flexibility index (Phi) is 3.62. The number of carbonyl (C=O) groups is 1. The van der Waals surface area contributed by atoms with E-state index in [1.54, 1.807) is 0 Å². The molecule has 0 bridgehead atoms. The second-order valence-corrected chi connectivity index (χ2v) is 5.17. The van der Waals surface area contributed by atoms with Crippen LogP contribution in [0.3, 0.4) is 0 Å². The molecule has 3 heteroatoms. The Morgan fingerprint density at radius 2 is 2.00 bits per heavy atom. The Morgan fingerprint density at radius 3 is 2.67 bits per heavy atom. The van der Waals surface area contributed by atoms with E-state index in [9.17, 15) is 4.79 Å². The summed E-state index contributed by atoms with van der Waals surface area (Å²) in [5, 5.41) is 6.34. The van der Waals surface area contributed by atoms with Gasteiger partial charge in [-0.25, -0.2) is 0 Å². The molecule has 2 fully saturated rings. The second-order valence-electron chi connectivity index (χ2n) is 5.17. The minimum absolute atomic E-state index is 0.241. The maximum absolute atomic E-state index is 11.7. The van der Waals surface area contributed by atoms with Gasteiger partial charge in [0.25, 0.3) is 0 Å². The lowest BCUT2D eigenvalue weighted by Crippen LogP contribution is -2.52. The lowest BCUT2D eigenvalue weighted by molar-refractivity contribution is -0.127. The third-order valence-corrected chi connectivity index (χ3v) is 3.76. The van der Waals surface area contributed by atoms with Gasteiger partial charge in [-0.05, 0) is 25.2 Å². The fourth-order valence-electron chi connectivity index (χ4n) is 2.42. The molecule has 15 heavy (non-hydrogen) atoms. The first-order valence-corrected chi connectivity index (χ1v) is 6.27. The molecule has 0 aromatic rings. The van der Waals surface area contributed by atoms with Gasteiger partial charge in [-0.3, -0.25) is 4.79 Å². The highest BCUT2D eigenvalue weighted by Gasteiger charge is 2.27. The van der Waals surface area contributed by atoms with Crippen LogP contribution in [0.25, 0.3) is 0 Å². The average Bonchev–Trinajstić information content (AvgIpc) is 2.28. The van der Waals surface area contributed by atoms with Crippen LogP contribution in [0.2, 0.25) is 0 Å². The van der Waals surface area contributed by atoms with E-state index in [0.717, 1.165) is 19.0 Å². The van der Waals surface area contributed by atoms with E-state index in [2.05, 4.69) is 17.6 Å². The van der Waals surface area contributed by atoms with Crippen molar-refractivity contribution in [3.63, 3.8) is 0 Å². The first-order valence-electron chi connectivity index (χ1n) is 6.27. The molecule has 86 valence electrons. The monoisotopic (exact) mass is 210 g/mol. The standard InChI is InChI=1S/C12H22N2O/c1-9-3-2-4-11(6-5-9)14-12(15)10-7-13-8-10/h9-11,13H,2-8H2,1H3,(H,14,15). The summed E-state index contributed by atoms with van der Waals surface area (Å²) in [5.74, 6) is 1.36. The van der Waals surface area contributed by atoms with Gasteiger partial charge in [0.1, 0.15) is 0 Å². The number of amides is 1. The van der Waals surface area contributed by atoms with Crippen molar-refractivity contribution >= 4 is 5.91 Å². The van der Waals surface area contributed by atoms with E-state index in [0.29, 0.717) is 6.04 Å².